The zero-order valence-corrected chi connectivity index (χ0v) is 19.8. The summed E-state index contributed by atoms with van der Waals surface area (Å²) in [6, 6.07) is 9.04. The van der Waals surface area contributed by atoms with Gasteiger partial charge in [0.25, 0.3) is 0 Å². The summed E-state index contributed by atoms with van der Waals surface area (Å²) in [6.45, 7) is 5.20. The molecular weight excluding hydrogens is 436 g/mol. The second-order valence-corrected chi connectivity index (χ2v) is 9.44. The van der Waals surface area contributed by atoms with E-state index in [2.05, 4.69) is 10.6 Å². The Labute approximate surface area is 199 Å². The van der Waals surface area contributed by atoms with Gasteiger partial charge in [-0.25, -0.2) is 9.59 Å². The van der Waals surface area contributed by atoms with Gasteiger partial charge in [0, 0.05) is 23.0 Å². The molecule has 0 saturated heterocycles. The number of hydrogen-bond acceptors (Lipinski definition) is 7. The molecule has 1 aliphatic carbocycles. The van der Waals surface area contributed by atoms with Crippen LogP contribution in [0.15, 0.2) is 36.4 Å². The number of ether oxygens (including phenoxy) is 2. The Balaban J connectivity index is 1.83. The Morgan fingerprint density at radius 3 is 2.18 bits per heavy atom. The highest BCUT2D eigenvalue weighted by Crippen LogP contribution is 2.31. The Morgan fingerprint density at radius 1 is 0.912 bits per heavy atom. The van der Waals surface area contributed by atoms with E-state index in [4.69, 9.17) is 20.9 Å². The van der Waals surface area contributed by atoms with Gasteiger partial charge in [-0.2, -0.15) is 0 Å². The fourth-order valence-corrected chi connectivity index (χ4v) is 3.77. The molecule has 1 fully saturated rings. The molecule has 0 heterocycles. The molecule has 9 nitrogen and oxygen atoms in total. The van der Waals surface area contributed by atoms with Crippen LogP contribution in [0, 0.1) is 5.92 Å². The van der Waals surface area contributed by atoms with Crippen molar-refractivity contribution in [3.8, 4) is 5.75 Å². The van der Waals surface area contributed by atoms with Crippen molar-refractivity contribution in [2.24, 2.45) is 5.92 Å². The number of nitrogens with two attached hydrogens (primary N) is 2. The van der Waals surface area contributed by atoms with Gasteiger partial charge in [0.05, 0.1) is 11.3 Å². The second-order valence-electron chi connectivity index (χ2n) is 9.44. The third kappa shape index (κ3) is 7.13. The topological polar surface area (TPSA) is 146 Å². The van der Waals surface area contributed by atoms with Gasteiger partial charge >= 0.3 is 12.1 Å². The molecule has 1 saturated carbocycles. The van der Waals surface area contributed by atoms with Crippen LogP contribution in [0.3, 0.4) is 0 Å². The monoisotopic (exact) mass is 468 g/mol. The fraction of sp³-hybridized carbons (Fsp3) is 0.400. The van der Waals surface area contributed by atoms with Crippen molar-refractivity contribution in [1.82, 2.24) is 0 Å². The SMILES string of the molecule is CC(C)(C)OC(=O)Nc1cc(NC(=O)C2CCCCC2)ccc1OC(=O)c1cc(N)cc(N)c1. The lowest BCUT2D eigenvalue weighted by molar-refractivity contribution is -0.120. The van der Waals surface area contributed by atoms with Crippen LogP contribution in [0.25, 0.3) is 0 Å². The maximum absolute atomic E-state index is 12.7. The molecule has 6 N–H and O–H groups in total. The van der Waals surface area contributed by atoms with Crippen molar-refractivity contribution in [2.45, 2.75) is 58.5 Å². The molecule has 0 aliphatic heterocycles. The van der Waals surface area contributed by atoms with E-state index in [9.17, 15) is 14.4 Å². The molecule has 0 unspecified atom stereocenters. The number of anilines is 4. The number of carbonyl (C=O) groups is 3. The van der Waals surface area contributed by atoms with Crippen LogP contribution in [0.2, 0.25) is 0 Å². The predicted molar refractivity (Wildman–Crippen MR) is 132 cm³/mol. The highest BCUT2D eigenvalue weighted by molar-refractivity contribution is 5.97. The third-order valence-electron chi connectivity index (χ3n) is 5.27. The van der Waals surface area contributed by atoms with Crippen molar-refractivity contribution in [1.29, 1.82) is 0 Å². The largest absolute Gasteiger partial charge is 0.444 e. The maximum Gasteiger partial charge on any atom is 0.412 e. The zero-order valence-electron chi connectivity index (χ0n) is 19.8. The van der Waals surface area contributed by atoms with Crippen LogP contribution >= 0.6 is 0 Å². The minimum atomic E-state index is -0.729. The van der Waals surface area contributed by atoms with Crippen LogP contribution in [0.5, 0.6) is 5.75 Å². The average Bonchev–Trinajstić information content (AvgIpc) is 2.74. The van der Waals surface area contributed by atoms with E-state index in [0.29, 0.717) is 17.1 Å². The van der Waals surface area contributed by atoms with Crippen molar-refractivity contribution in [3.05, 3.63) is 42.0 Å². The van der Waals surface area contributed by atoms with Gasteiger partial charge in [-0.1, -0.05) is 19.3 Å². The van der Waals surface area contributed by atoms with Gasteiger partial charge in [-0.05, 0) is 70.0 Å². The van der Waals surface area contributed by atoms with E-state index < -0.39 is 17.7 Å². The van der Waals surface area contributed by atoms with Crippen LogP contribution in [-0.2, 0) is 9.53 Å². The number of carbonyl (C=O) groups excluding carboxylic acids is 3. The number of hydrogen-bond donors (Lipinski definition) is 4. The normalized spacial score (nSPS) is 14.2. The highest BCUT2D eigenvalue weighted by Gasteiger charge is 2.23. The van der Waals surface area contributed by atoms with Crippen LogP contribution in [0.1, 0.15) is 63.2 Å². The number of amides is 2. The average molecular weight is 469 g/mol. The molecule has 0 aromatic heterocycles. The quantitative estimate of drug-likeness (QED) is 0.276. The summed E-state index contributed by atoms with van der Waals surface area (Å²) in [6.07, 6.45) is 4.20. The molecule has 0 spiro atoms. The molecule has 182 valence electrons. The lowest BCUT2D eigenvalue weighted by atomic mass is 9.88. The van der Waals surface area contributed by atoms with Gasteiger partial charge < -0.3 is 26.3 Å². The minimum absolute atomic E-state index is 0.0393. The molecule has 1 aliphatic rings. The van der Waals surface area contributed by atoms with Gasteiger partial charge in [-0.3, -0.25) is 10.1 Å². The summed E-state index contributed by atoms with van der Waals surface area (Å²) < 4.78 is 10.8. The van der Waals surface area contributed by atoms with Gasteiger partial charge in [0.15, 0.2) is 5.75 Å². The Hall–Kier alpha value is -3.75. The van der Waals surface area contributed by atoms with Gasteiger partial charge in [0.2, 0.25) is 5.91 Å². The number of nitrogens with one attached hydrogen (secondary N) is 2. The summed E-state index contributed by atoms with van der Waals surface area (Å²) in [7, 11) is 0. The molecule has 34 heavy (non-hydrogen) atoms. The first kappa shape index (κ1) is 24.9. The summed E-state index contributed by atoms with van der Waals surface area (Å²) in [5, 5.41) is 5.50. The minimum Gasteiger partial charge on any atom is -0.444 e. The van der Waals surface area contributed by atoms with E-state index in [1.54, 1.807) is 26.8 Å². The van der Waals surface area contributed by atoms with Crippen molar-refractivity contribution >= 4 is 40.7 Å². The number of esters is 1. The van der Waals surface area contributed by atoms with E-state index in [0.717, 1.165) is 32.1 Å². The smallest absolute Gasteiger partial charge is 0.412 e. The van der Waals surface area contributed by atoms with Crippen molar-refractivity contribution in [2.75, 3.05) is 22.1 Å². The first-order valence-corrected chi connectivity index (χ1v) is 11.3. The number of nitrogen functional groups attached to an aromatic ring is 2. The highest BCUT2D eigenvalue weighted by atomic mass is 16.6. The van der Waals surface area contributed by atoms with E-state index in [1.807, 2.05) is 0 Å². The summed E-state index contributed by atoms with van der Waals surface area (Å²) >= 11 is 0. The molecule has 3 rings (SSSR count). The van der Waals surface area contributed by atoms with Crippen molar-refractivity contribution in [3.63, 3.8) is 0 Å². The molecule has 2 amide bonds. The zero-order chi connectivity index (χ0) is 24.9. The molecule has 0 radical (unpaired) electrons. The molecule has 2 aromatic carbocycles. The van der Waals surface area contributed by atoms with E-state index >= 15 is 0 Å². The van der Waals surface area contributed by atoms with Crippen LogP contribution in [-0.4, -0.2) is 23.6 Å². The molecular formula is C25H32N4O5. The Bertz CT molecular complexity index is 1050. The third-order valence-corrected chi connectivity index (χ3v) is 5.27. The first-order chi connectivity index (χ1) is 16.0. The van der Waals surface area contributed by atoms with Crippen LogP contribution < -0.4 is 26.8 Å². The van der Waals surface area contributed by atoms with E-state index in [1.165, 1.54) is 30.3 Å². The standard InChI is InChI=1S/C25H32N4O5/c1-25(2,3)34-24(32)29-20-14-19(28-22(30)15-7-5-4-6-8-15)9-10-21(20)33-23(31)16-11-17(26)13-18(27)12-16/h9-15H,4-8,26-27H2,1-3H3,(H,28,30)(H,29,32). The van der Waals surface area contributed by atoms with Gasteiger partial charge in [-0.15, -0.1) is 0 Å². The Morgan fingerprint density at radius 2 is 1.56 bits per heavy atom. The summed E-state index contributed by atoms with van der Waals surface area (Å²) in [4.78, 5) is 37.8. The second kappa shape index (κ2) is 10.5. The van der Waals surface area contributed by atoms with Gasteiger partial charge in [0.1, 0.15) is 5.60 Å². The molecule has 2 aromatic rings. The number of benzene rings is 2. The molecule has 0 bridgehead atoms. The van der Waals surface area contributed by atoms with E-state index in [-0.39, 0.29) is 28.8 Å². The molecule has 9 heteroatoms. The summed E-state index contributed by atoms with van der Waals surface area (Å²) in [5.41, 5.74) is 12.2. The van der Waals surface area contributed by atoms with Crippen LogP contribution in [0.4, 0.5) is 27.5 Å². The summed E-state index contributed by atoms with van der Waals surface area (Å²) in [5.74, 6) is -0.733. The first-order valence-electron chi connectivity index (χ1n) is 11.3. The number of rotatable bonds is 5. The van der Waals surface area contributed by atoms with Crippen molar-refractivity contribution < 1.29 is 23.9 Å². The molecule has 0 atom stereocenters. The fourth-order valence-electron chi connectivity index (χ4n) is 3.77. The lowest BCUT2D eigenvalue weighted by Crippen LogP contribution is -2.27. The lowest BCUT2D eigenvalue weighted by Gasteiger charge is -2.22. The predicted octanol–water partition coefficient (Wildman–Crippen LogP) is 4.94. The Kier molecular flexibility index (Phi) is 7.65. The maximum atomic E-state index is 12.7.